The van der Waals surface area contributed by atoms with E-state index in [1.165, 1.54) is 0 Å². The zero-order chi connectivity index (χ0) is 38.5. The molecule has 7 nitrogen and oxygen atoms in total. The number of rotatable bonds is 13. The van der Waals surface area contributed by atoms with Crippen molar-refractivity contribution in [3.05, 3.63) is 22.3 Å². The van der Waals surface area contributed by atoms with Crippen molar-refractivity contribution in [1.29, 1.82) is 0 Å². The summed E-state index contributed by atoms with van der Waals surface area (Å²) >= 11 is 2.34. The van der Waals surface area contributed by atoms with E-state index in [-0.39, 0.29) is 33.4 Å². The Morgan fingerprint density at radius 1 is 0.820 bits per heavy atom. The zero-order valence-electron chi connectivity index (χ0n) is 34.8. The monoisotopic (exact) mass is 866 g/mol. The van der Waals surface area contributed by atoms with Gasteiger partial charge in [-0.1, -0.05) is 75.5 Å². The van der Waals surface area contributed by atoms with Crippen LogP contribution in [0.1, 0.15) is 114 Å². The van der Waals surface area contributed by atoms with Crippen LogP contribution < -0.4 is 0 Å². The Hall–Kier alpha value is 0.581. The van der Waals surface area contributed by atoms with Crippen LogP contribution in [0.15, 0.2) is 22.3 Å². The van der Waals surface area contributed by atoms with Crippen LogP contribution in [0.3, 0.4) is 0 Å². The molecular weight excluding hydrogens is 792 g/mol. The number of aliphatic hydroxyl groups excluding tert-OH is 1. The Bertz CT molecular complexity index is 1180. The van der Waals surface area contributed by atoms with E-state index >= 15 is 0 Å². The maximum absolute atomic E-state index is 11.7. The van der Waals surface area contributed by atoms with Crippen LogP contribution in [0.25, 0.3) is 0 Å². The number of aliphatic hydroxyl groups is 1. The fourth-order valence-electron chi connectivity index (χ4n) is 6.50. The lowest BCUT2D eigenvalue weighted by atomic mass is 9.88. The number of halogens is 1. The molecule has 2 heterocycles. The molecule has 8 atom stereocenters. The molecule has 3 rings (SSSR count). The predicted molar refractivity (Wildman–Crippen MR) is 224 cm³/mol. The van der Waals surface area contributed by atoms with Gasteiger partial charge in [0, 0.05) is 19.3 Å². The lowest BCUT2D eigenvalue weighted by Gasteiger charge is -2.53. The summed E-state index contributed by atoms with van der Waals surface area (Å²) in [4.78, 5) is 0. The van der Waals surface area contributed by atoms with E-state index in [2.05, 4.69) is 137 Å². The first kappa shape index (κ1) is 45.0. The van der Waals surface area contributed by atoms with Crippen molar-refractivity contribution in [2.75, 3.05) is 0 Å². The molecule has 50 heavy (non-hydrogen) atoms. The SMILES string of the molecule is C=C(I)CC[C@@H](O[Si](C)(C)C(C)(C)C)[C@H]1C[C@@H](O[Si](C)(C)C(C)(C)C)[C@@H](O[Si](C)(C)C(C)(C)C)[C@H]([C@H]2OC3(CCCC3)O[C@@H]2C(O)C(=C)C)O1. The minimum atomic E-state index is -2.36. The summed E-state index contributed by atoms with van der Waals surface area (Å²) in [5, 5.41) is 11.7. The minimum absolute atomic E-state index is 0.00658. The highest BCUT2D eigenvalue weighted by molar-refractivity contribution is 14.1. The normalized spacial score (nSPS) is 29.7. The zero-order valence-corrected chi connectivity index (χ0v) is 39.9. The van der Waals surface area contributed by atoms with Crippen molar-refractivity contribution in [1.82, 2.24) is 0 Å². The average Bonchev–Trinajstić information content (AvgIpc) is 3.55. The second-order valence-corrected chi connectivity index (χ2v) is 36.0. The smallest absolute Gasteiger partial charge is 0.192 e. The van der Waals surface area contributed by atoms with E-state index in [0.29, 0.717) is 12.0 Å². The van der Waals surface area contributed by atoms with Gasteiger partial charge in [0.1, 0.15) is 24.4 Å². The molecule has 0 amide bonds. The summed E-state index contributed by atoms with van der Waals surface area (Å²) in [6, 6.07) is 0. The van der Waals surface area contributed by atoms with E-state index in [0.717, 1.165) is 42.1 Å². The van der Waals surface area contributed by atoms with Gasteiger partial charge in [-0.2, -0.15) is 0 Å². The molecule has 1 N–H and O–H groups in total. The third-order valence-electron chi connectivity index (χ3n) is 12.9. The van der Waals surface area contributed by atoms with Crippen molar-refractivity contribution in [2.45, 2.75) is 223 Å². The van der Waals surface area contributed by atoms with Crippen molar-refractivity contribution < 1.29 is 32.6 Å². The van der Waals surface area contributed by atoms with Gasteiger partial charge in [-0.05, 0) is 119 Å². The topological polar surface area (TPSA) is 75.6 Å². The van der Waals surface area contributed by atoms with Gasteiger partial charge < -0.3 is 32.6 Å². The van der Waals surface area contributed by atoms with Gasteiger partial charge in [-0.3, -0.25) is 0 Å². The summed E-state index contributed by atoms with van der Waals surface area (Å²) in [7, 11) is -6.86. The van der Waals surface area contributed by atoms with Crippen LogP contribution in [-0.2, 0) is 27.5 Å². The first-order valence-electron chi connectivity index (χ1n) is 19.1. The van der Waals surface area contributed by atoms with Crippen molar-refractivity contribution in [3.8, 4) is 0 Å². The highest BCUT2D eigenvalue weighted by Gasteiger charge is 2.60. The Labute approximate surface area is 323 Å². The fourth-order valence-corrected chi connectivity index (χ4v) is 10.9. The van der Waals surface area contributed by atoms with Gasteiger partial charge in [0.2, 0.25) is 0 Å². The van der Waals surface area contributed by atoms with Gasteiger partial charge >= 0.3 is 0 Å². The maximum atomic E-state index is 11.7. The molecule has 1 spiro atoms. The van der Waals surface area contributed by atoms with Crippen molar-refractivity contribution in [2.24, 2.45) is 0 Å². The fraction of sp³-hybridized carbons (Fsp3) is 0.897. The second-order valence-electron chi connectivity index (χ2n) is 20.2. The van der Waals surface area contributed by atoms with E-state index in [4.69, 9.17) is 27.5 Å². The van der Waals surface area contributed by atoms with E-state index in [1.807, 2.05) is 6.92 Å². The average molecular weight is 867 g/mol. The van der Waals surface area contributed by atoms with Gasteiger partial charge in [0.05, 0.1) is 24.4 Å². The molecule has 3 fully saturated rings. The lowest BCUT2D eigenvalue weighted by molar-refractivity contribution is -0.230. The molecule has 2 saturated heterocycles. The largest absolute Gasteiger partial charge is 0.411 e. The standard InChI is InChI=1S/C39H75IO7Si3/c1-26(2)31(41)33-35(44-39(43-33)23-19-20-24-39)34-32(47-50(17,18)38(10,11)12)30(46-49(15,16)37(7,8)9)25-29(42-34)28(22-21-27(3)40)45-48(13,14)36(4,5)6/h28-35,41H,1,3,19-25H2,2,4-18H3/t28-,29-,30-,31?,32-,33-,34-,35+/m1/s1. The minimum Gasteiger partial charge on any atom is -0.411 e. The molecule has 11 heteroatoms. The van der Waals surface area contributed by atoms with Gasteiger partial charge in [-0.15, -0.1) is 0 Å². The van der Waals surface area contributed by atoms with E-state index < -0.39 is 61.3 Å². The molecule has 0 radical (unpaired) electrons. The number of hydrogen-bond acceptors (Lipinski definition) is 7. The Morgan fingerprint density at radius 3 is 1.78 bits per heavy atom. The van der Waals surface area contributed by atoms with Crippen LogP contribution in [0, 0.1) is 0 Å². The lowest BCUT2D eigenvalue weighted by Crippen LogP contribution is -2.65. The number of hydrogen-bond donors (Lipinski definition) is 1. The molecule has 3 aliphatic rings. The Morgan fingerprint density at radius 2 is 1.32 bits per heavy atom. The molecule has 292 valence electrons. The first-order valence-corrected chi connectivity index (χ1v) is 29.0. The van der Waals surface area contributed by atoms with Crippen LogP contribution >= 0.6 is 22.6 Å². The molecule has 0 aromatic carbocycles. The van der Waals surface area contributed by atoms with E-state index in [1.54, 1.807) is 0 Å². The third kappa shape index (κ3) is 10.5. The number of allylic oxidation sites excluding steroid dienone is 1. The summed E-state index contributed by atoms with van der Waals surface area (Å²) in [5.74, 6) is -0.741. The summed E-state index contributed by atoms with van der Waals surface area (Å²) in [6.07, 6.45) is 2.16. The molecule has 1 aliphatic carbocycles. The molecular formula is C39H75IO7Si3. The van der Waals surface area contributed by atoms with E-state index in [9.17, 15) is 5.11 Å². The predicted octanol–water partition coefficient (Wildman–Crippen LogP) is 11.0. The maximum Gasteiger partial charge on any atom is 0.192 e. The summed E-state index contributed by atoms with van der Waals surface area (Å²) < 4.78 is 44.7. The van der Waals surface area contributed by atoms with Crippen LogP contribution in [-0.4, -0.2) is 84.7 Å². The number of ether oxygens (including phenoxy) is 3. The first-order chi connectivity index (χ1) is 22.4. The molecule has 1 saturated carbocycles. The molecule has 1 unspecified atom stereocenters. The van der Waals surface area contributed by atoms with Gasteiger partial charge in [0.25, 0.3) is 0 Å². The van der Waals surface area contributed by atoms with Crippen LogP contribution in [0.2, 0.25) is 54.4 Å². The summed E-state index contributed by atoms with van der Waals surface area (Å²) in [5.41, 5.74) is 0.654. The van der Waals surface area contributed by atoms with Crippen molar-refractivity contribution in [3.63, 3.8) is 0 Å². The summed E-state index contributed by atoms with van der Waals surface area (Å²) in [6.45, 7) is 44.8. The van der Waals surface area contributed by atoms with Crippen LogP contribution in [0.4, 0.5) is 0 Å². The third-order valence-corrected chi connectivity index (χ3v) is 26.9. The van der Waals surface area contributed by atoms with Gasteiger partial charge in [0.15, 0.2) is 30.7 Å². The van der Waals surface area contributed by atoms with Gasteiger partial charge in [-0.25, -0.2) is 0 Å². The Kier molecular flexibility index (Phi) is 14.4. The molecule has 0 bridgehead atoms. The Balaban J connectivity index is 2.26. The highest BCUT2D eigenvalue weighted by atomic mass is 127. The molecule has 0 aromatic heterocycles. The van der Waals surface area contributed by atoms with Crippen LogP contribution in [0.5, 0.6) is 0 Å². The van der Waals surface area contributed by atoms with Crippen molar-refractivity contribution >= 4 is 47.5 Å². The second kappa shape index (κ2) is 16.0. The quantitative estimate of drug-likeness (QED) is 0.112. The molecule has 0 aromatic rings. The highest BCUT2D eigenvalue weighted by Crippen LogP contribution is 2.50. The molecule has 2 aliphatic heterocycles.